The van der Waals surface area contributed by atoms with Gasteiger partial charge in [-0.25, -0.2) is 4.79 Å². The molecule has 128 valence electrons. The number of carbonyl (C=O) groups excluding carboxylic acids is 1. The van der Waals surface area contributed by atoms with E-state index in [9.17, 15) is 4.79 Å². The molecule has 0 aliphatic carbocycles. The van der Waals surface area contributed by atoms with Crippen molar-refractivity contribution in [2.24, 2.45) is 0 Å². The number of benzene rings is 1. The molecule has 3 rings (SSSR count). The first-order valence-corrected chi connectivity index (χ1v) is 9.23. The maximum absolute atomic E-state index is 12.7. The van der Waals surface area contributed by atoms with Crippen LogP contribution in [0.1, 0.15) is 34.9 Å². The molecule has 2 amide bonds. The van der Waals surface area contributed by atoms with Gasteiger partial charge in [-0.05, 0) is 36.8 Å². The minimum atomic E-state index is -0.0995. The van der Waals surface area contributed by atoms with Crippen LogP contribution in [0.15, 0.2) is 41.8 Å². The van der Waals surface area contributed by atoms with Crippen molar-refractivity contribution in [1.82, 2.24) is 10.2 Å². The van der Waals surface area contributed by atoms with Gasteiger partial charge in [0, 0.05) is 25.1 Å². The summed E-state index contributed by atoms with van der Waals surface area (Å²) in [4.78, 5) is 15.8. The molecule has 0 saturated carbocycles. The first-order chi connectivity index (χ1) is 11.7. The van der Waals surface area contributed by atoms with Crippen molar-refractivity contribution in [3.8, 4) is 0 Å². The molecule has 1 aromatic heterocycles. The van der Waals surface area contributed by atoms with Crippen LogP contribution in [0.4, 0.5) is 4.79 Å². The van der Waals surface area contributed by atoms with Gasteiger partial charge in [0.2, 0.25) is 0 Å². The number of ether oxygens (including phenoxy) is 1. The SMILES string of the molecule is COC1CCN(C(=O)N[C@@H](c2cccc(C)c2)c2cccs2)CC1. The summed E-state index contributed by atoms with van der Waals surface area (Å²) >= 11 is 1.67. The molecule has 1 fully saturated rings. The van der Waals surface area contributed by atoms with Crippen LogP contribution < -0.4 is 5.32 Å². The van der Waals surface area contributed by atoms with Crippen LogP contribution in [0.5, 0.6) is 0 Å². The third-order valence-corrected chi connectivity index (χ3v) is 5.47. The van der Waals surface area contributed by atoms with Crippen LogP contribution in [0.2, 0.25) is 0 Å². The number of rotatable bonds is 4. The molecule has 0 radical (unpaired) electrons. The Morgan fingerprint density at radius 3 is 2.71 bits per heavy atom. The molecule has 1 aromatic carbocycles. The summed E-state index contributed by atoms with van der Waals surface area (Å²) in [5.41, 5.74) is 2.32. The lowest BCUT2D eigenvalue weighted by Crippen LogP contribution is -2.46. The van der Waals surface area contributed by atoms with Gasteiger partial charge in [0.25, 0.3) is 0 Å². The van der Waals surface area contributed by atoms with Gasteiger partial charge in [-0.15, -0.1) is 11.3 Å². The van der Waals surface area contributed by atoms with E-state index in [-0.39, 0.29) is 18.2 Å². The Labute approximate surface area is 147 Å². The number of hydrogen-bond donors (Lipinski definition) is 1. The second-order valence-corrected chi connectivity index (χ2v) is 7.21. The molecule has 0 spiro atoms. The lowest BCUT2D eigenvalue weighted by atomic mass is 10.0. The summed E-state index contributed by atoms with van der Waals surface area (Å²) in [6.45, 7) is 3.57. The van der Waals surface area contributed by atoms with E-state index in [4.69, 9.17) is 4.74 Å². The summed E-state index contributed by atoms with van der Waals surface area (Å²) in [5.74, 6) is 0. The molecule has 1 saturated heterocycles. The molecule has 1 aliphatic heterocycles. The maximum Gasteiger partial charge on any atom is 0.318 e. The maximum atomic E-state index is 12.7. The van der Waals surface area contributed by atoms with Crippen LogP contribution in [-0.4, -0.2) is 37.2 Å². The average molecular weight is 344 g/mol. The van der Waals surface area contributed by atoms with Crippen LogP contribution >= 0.6 is 11.3 Å². The van der Waals surface area contributed by atoms with E-state index in [1.54, 1.807) is 18.4 Å². The van der Waals surface area contributed by atoms with Crippen molar-refractivity contribution in [2.75, 3.05) is 20.2 Å². The van der Waals surface area contributed by atoms with E-state index in [0.717, 1.165) is 36.4 Å². The van der Waals surface area contributed by atoms with Crippen molar-refractivity contribution in [1.29, 1.82) is 0 Å². The van der Waals surface area contributed by atoms with Gasteiger partial charge in [-0.3, -0.25) is 0 Å². The monoisotopic (exact) mass is 344 g/mol. The van der Waals surface area contributed by atoms with Crippen LogP contribution in [-0.2, 0) is 4.74 Å². The summed E-state index contributed by atoms with van der Waals surface area (Å²) in [6, 6.07) is 12.3. The quantitative estimate of drug-likeness (QED) is 0.912. The summed E-state index contributed by atoms with van der Waals surface area (Å²) in [5, 5.41) is 5.27. The lowest BCUT2D eigenvalue weighted by molar-refractivity contribution is 0.0501. The van der Waals surface area contributed by atoms with Gasteiger partial charge < -0.3 is 15.0 Å². The predicted octanol–water partition coefficient (Wildman–Crippen LogP) is 3.97. The van der Waals surface area contributed by atoms with Crippen molar-refractivity contribution in [2.45, 2.75) is 31.9 Å². The van der Waals surface area contributed by atoms with E-state index in [1.807, 2.05) is 22.4 Å². The zero-order valence-electron chi connectivity index (χ0n) is 14.2. The summed E-state index contributed by atoms with van der Waals surface area (Å²) in [7, 11) is 1.74. The van der Waals surface area contributed by atoms with Crippen LogP contribution in [0, 0.1) is 6.92 Å². The smallest absolute Gasteiger partial charge is 0.318 e. The van der Waals surface area contributed by atoms with Gasteiger partial charge in [0.05, 0.1) is 12.1 Å². The zero-order valence-corrected chi connectivity index (χ0v) is 15.0. The normalized spacial score (nSPS) is 16.8. The Balaban J connectivity index is 1.74. The van der Waals surface area contributed by atoms with Crippen LogP contribution in [0.3, 0.4) is 0 Å². The molecular formula is C19H24N2O2S. The van der Waals surface area contributed by atoms with Crippen molar-refractivity contribution in [3.05, 3.63) is 57.8 Å². The van der Waals surface area contributed by atoms with E-state index in [1.165, 1.54) is 5.56 Å². The summed E-state index contributed by atoms with van der Waals surface area (Å²) in [6.07, 6.45) is 2.08. The van der Waals surface area contributed by atoms with Gasteiger partial charge in [-0.2, -0.15) is 0 Å². The fourth-order valence-corrected chi connectivity index (χ4v) is 3.94. The van der Waals surface area contributed by atoms with Gasteiger partial charge in [0.15, 0.2) is 0 Å². The second kappa shape index (κ2) is 7.81. The highest BCUT2D eigenvalue weighted by Crippen LogP contribution is 2.27. The number of methoxy groups -OCH3 is 1. The molecule has 2 heterocycles. The Hall–Kier alpha value is -1.85. The second-order valence-electron chi connectivity index (χ2n) is 6.23. The predicted molar refractivity (Wildman–Crippen MR) is 97.5 cm³/mol. The highest BCUT2D eigenvalue weighted by molar-refractivity contribution is 7.10. The number of carbonyl (C=O) groups is 1. The van der Waals surface area contributed by atoms with Gasteiger partial charge in [0.1, 0.15) is 0 Å². The Kier molecular flexibility index (Phi) is 5.53. The molecule has 0 unspecified atom stereocenters. The molecular weight excluding hydrogens is 320 g/mol. The Morgan fingerprint density at radius 1 is 1.29 bits per heavy atom. The molecule has 1 aliphatic rings. The van der Waals surface area contributed by atoms with Crippen molar-refractivity contribution < 1.29 is 9.53 Å². The molecule has 2 aromatic rings. The fraction of sp³-hybridized carbons (Fsp3) is 0.421. The van der Waals surface area contributed by atoms with Crippen molar-refractivity contribution in [3.63, 3.8) is 0 Å². The average Bonchev–Trinajstić information content (AvgIpc) is 3.14. The molecule has 24 heavy (non-hydrogen) atoms. The number of nitrogens with zero attached hydrogens (tertiary/aromatic N) is 1. The summed E-state index contributed by atoms with van der Waals surface area (Å²) < 4.78 is 5.38. The third kappa shape index (κ3) is 3.97. The van der Waals surface area contributed by atoms with E-state index in [2.05, 4.69) is 36.5 Å². The number of likely N-dealkylation sites (tertiary alicyclic amines) is 1. The van der Waals surface area contributed by atoms with Crippen molar-refractivity contribution >= 4 is 17.4 Å². The van der Waals surface area contributed by atoms with Gasteiger partial charge >= 0.3 is 6.03 Å². The Bertz CT molecular complexity index is 664. The number of thiophene rings is 1. The highest BCUT2D eigenvalue weighted by Gasteiger charge is 2.25. The first kappa shape index (κ1) is 17.0. The van der Waals surface area contributed by atoms with Gasteiger partial charge in [-0.1, -0.05) is 35.9 Å². The largest absolute Gasteiger partial charge is 0.381 e. The molecule has 0 bridgehead atoms. The Morgan fingerprint density at radius 2 is 2.08 bits per heavy atom. The highest BCUT2D eigenvalue weighted by atomic mass is 32.1. The van der Waals surface area contributed by atoms with E-state index < -0.39 is 0 Å². The number of aryl methyl sites for hydroxylation is 1. The van der Waals surface area contributed by atoms with E-state index >= 15 is 0 Å². The first-order valence-electron chi connectivity index (χ1n) is 8.35. The van der Waals surface area contributed by atoms with Crippen LogP contribution in [0.25, 0.3) is 0 Å². The zero-order chi connectivity index (χ0) is 16.9. The number of nitrogens with one attached hydrogen (secondary N) is 1. The lowest BCUT2D eigenvalue weighted by Gasteiger charge is -2.32. The number of urea groups is 1. The fourth-order valence-electron chi connectivity index (χ4n) is 3.13. The van der Waals surface area contributed by atoms with E-state index in [0.29, 0.717) is 0 Å². The molecule has 5 heteroatoms. The molecule has 1 N–H and O–H groups in total. The minimum Gasteiger partial charge on any atom is -0.381 e. The number of hydrogen-bond acceptors (Lipinski definition) is 3. The molecule has 1 atom stereocenters. The third-order valence-electron chi connectivity index (χ3n) is 4.53. The minimum absolute atomic E-state index is 0.00413. The topological polar surface area (TPSA) is 41.6 Å². The number of amides is 2. The standard InChI is InChI=1S/C19H24N2O2S/c1-14-5-3-6-15(13-14)18(17-7-4-12-24-17)20-19(22)21-10-8-16(23-2)9-11-21/h3-7,12-13,16,18H,8-11H2,1-2H3,(H,20,22)/t18-/m0/s1. The molecule has 4 nitrogen and oxygen atoms in total. The number of piperidine rings is 1.